The van der Waals surface area contributed by atoms with Crippen LogP contribution < -0.4 is 15.5 Å². The summed E-state index contributed by atoms with van der Waals surface area (Å²) in [6, 6.07) is 23.3. The van der Waals surface area contributed by atoms with Crippen LogP contribution >= 0.6 is 11.6 Å². The molecular weight excluding hydrogens is 520 g/mol. The molecule has 0 bridgehead atoms. The second-order valence-electron chi connectivity index (χ2n) is 8.15. The molecule has 3 aromatic carbocycles. The van der Waals surface area contributed by atoms with E-state index in [0.29, 0.717) is 37.2 Å². The van der Waals surface area contributed by atoms with E-state index in [9.17, 15) is 19.7 Å². The van der Waals surface area contributed by atoms with Crippen molar-refractivity contribution >= 4 is 46.6 Å². The van der Waals surface area contributed by atoms with Crippen LogP contribution in [0.25, 0.3) is 6.08 Å². The van der Waals surface area contributed by atoms with Crippen molar-refractivity contribution in [2.24, 2.45) is 0 Å². The van der Waals surface area contributed by atoms with Gasteiger partial charge in [0.1, 0.15) is 5.70 Å². The first-order valence-corrected chi connectivity index (χ1v) is 12.1. The second kappa shape index (κ2) is 13.9. The molecule has 3 rings (SSSR count). The van der Waals surface area contributed by atoms with Gasteiger partial charge in [0.05, 0.1) is 40.5 Å². The molecule has 0 radical (unpaired) electrons. The molecule has 0 unspecified atom stereocenters. The summed E-state index contributed by atoms with van der Waals surface area (Å²) < 4.78 is 0. The van der Waals surface area contributed by atoms with Gasteiger partial charge in [-0.2, -0.15) is 10.5 Å². The maximum Gasteiger partial charge on any atom is 0.272 e. The van der Waals surface area contributed by atoms with Crippen molar-refractivity contribution in [1.82, 2.24) is 5.32 Å². The van der Waals surface area contributed by atoms with Crippen molar-refractivity contribution < 1.29 is 14.5 Å². The molecule has 0 atom stereocenters. The molecule has 0 aliphatic carbocycles. The minimum absolute atomic E-state index is 0.0138. The minimum atomic E-state index is -0.797. The summed E-state index contributed by atoms with van der Waals surface area (Å²) in [6.45, 7) is 0.913. The van der Waals surface area contributed by atoms with E-state index < -0.39 is 16.7 Å². The number of nitro benzene ring substituents is 1. The Bertz CT molecular complexity index is 1440. The van der Waals surface area contributed by atoms with Crippen molar-refractivity contribution in [1.29, 1.82) is 10.5 Å². The summed E-state index contributed by atoms with van der Waals surface area (Å²) in [7, 11) is 0. The lowest BCUT2D eigenvalue weighted by Gasteiger charge is -2.22. The van der Waals surface area contributed by atoms with Gasteiger partial charge in [-0.15, -0.1) is 0 Å². The molecule has 0 heterocycles. The average Bonchev–Trinajstić information content (AvgIpc) is 2.94. The number of amides is 2. The van der Waals surface area contributed by atoms with Crippen molar-refractivity contribution in [3.8, 4) is 12.1 Å². The van der Waals surface area contributed by atoms with Gasteiger partial charge in [-0.05, 0) is 42.0 Å². The third-order valence-electron chi connectivity index (χ3n) is 5.49. The average molecular weight is 543 g/mol. The van der Waals surface area contributed by atoms with Gasteiger partial charge < -0.3 is 15.5 Å². The molecule has 2 N–H and O–H groups in total. The Morgan fingerprint density at radius 2 is 1.62 bits per heavy atom. The number of carbonyl (C=O) groups excluding carboxylic acids is 2. The molecular formula is C28H23ClN6O4. The molecule has 2 amide bonds. The van der Waals surface area contributed by atoms with Gasteiger partial charge in [-0.1, -0.05) is 41.9 Å². The summed E-state index contributed by atoms with van der Waals surface area (Å²) in [5, 5.41) is 34.3. The summed E-state index contributed by atoms with van der Waals surface area (Å²) in [6.07, 6.45) is 2.05. The number of hydrogen-bond acceptors (Lipinski definition) is 7. The van der Waals surface area contributed by atoms with Gasteiger partial charge in [0, 0.05) is 36.6 Å². The molecule has 3 aromatic rings. The van der Waals surface area contributed by atoms with Crippen LogP contribution in [0.15, 0.2) is 78.5 Å². The van der Waals surface area contributed by atoms with Crippen LogP contribution in [0.5, 0.6) is 0 Å². The molecule has 39 heavy (non-hydrogen) atoms. The summed E-state index contributed by atoms with van der Waals surface area (Å²) >= 11 is 6.12. The Morgan fingerprint density at radius 1 is 0.974 bits per heavy atom. The van der Waals surface area contributed by atoms with Crippen molar-refractivity contribution in [2.45, 2.75) is 12.8 Å². The van der Waals surface area contributed by atoms with Crippen LogP contribution in [-0.2, 0) is 4.79 Å². The first-order valence-electron chi connectivity index (χ1n) is 11.7. The lowest BCUT2D eigenvalue weighted by Crippen LogP contribution is -2.31. The molecule has 0 aromatic heterocycles. The molecule has 11 heteroatoms. The first-order chi connectivity index (χ1) is 18.8. The van der Waals surface area contributed by atoms with Gasteiger partial charge in [0.2, 0.25) is 0 Å². The Balaban J connectivity index is 1.92. The summed E-state index contributed by atoms with van der Waals surface area (Å²) in [5.74, 6) is -1.42. The summed E-state index contributed by atoms with van der Waals surface area (Å²) in [4.78, 5) is 38.6. The highest BCUT2D eigenvalue weighted by atomic mass is 35.5. The number of rotatable bonds is 11. The first kappa shape index (κ1) is 28.4. The number of hydrogen-bond donors (Lipinski definition) is 2. The van der Waals surface area contributed by atoms with E-state index in [-0.39, 0.29) is 22.0 Å². The van der Waals surface area contributed by atoms with Crippen LogP contribution in [0.2, 0.25) is 5.02 Å². The van der Waals surface area contributed by atoms with Gasteiger partial charge in [-0.25, -0.2) is 0 Å². The molecule has 0 saturated carbocycles. The van der Waals surface area contributed by atoms with E-state index in [1.54, 1.807) is 54.6 Å². The third-order valence-corrected chi connectivity index (χ3v) is 5.82. The Morgan fingerprint density at radius 3 is 2.21 bits per heavy atom. The zero-order chi connectivity index (χ0) is 28.2. The Labute approximate surface area is 229 Å². The van der Waals surface area contributed by atoms with Gasteiger partial charge in [0.15, 0.2) is 0 Å². The van der Waals surface area contributed by atoms with Gasteiger partial charge >= 0.3 is 0 Å². The van der Waals surface area contributed by atoms with E-state index >= 15 is 0 Å². The smallest absolute Gasteiger partial charge is 0.272 e. The fourth-order valence-electron chi connectivity index (χ4n) is 3.56. The number of non-ortho nitro benzene ring substituents is 1. The van der Waals surface area contributed by atoms with E-state index in [0.717, 1.165) is 11.8 Å². The Hall–Kier alpha value is -5.19. The van der Waals surface area contributed by atoms with Crippen LogP contribution in [0, 0.1) is 32.8 Å². The number of carbonyl (C=O) groups is 2. The van der Waals surface area contributed by atoms with Crippen LogP contribution in [0.1, 0.15) is 28.8 Å². The molecule has 0 fully saturated rings. The zero-order valence-electron chi connectivity index (χ0n) is 20.6. The van der Waals surface area contributed by atoms with Crippen molar-refractivity contribution in [3.05, 3.63) is 105 Å². The number of halogens is 1. The maximum atomic E-state index is 13.2. The topological polar surface area (TPSA) is 152 Å². The highest BCUT2D eigenvalue weighted by molar-refractivity contribution is 6.34. The maximum absolute atomic E-state index is 13.2. The van der Waals surface area contributed by atoms with Crippen LogP contribution in [-0.4, -0.2) is 29.8 Å². The molecule has 10 nitrogen and oxygen atoms in total. The summed E-state index contributed by atoms with van der Waals surface area (Å²) in [5.41, 5.74) is 1.26. The SMILES string of the molecule is N#CCCN(CCC#N)c1ccc(/C=C(\NC(=O)c2cc([N+](=O)[O-])ccc2Cl)C(=O)Nc2ccccc2)cc1. The molecule has 0 aliphatic heterocycles. The molecule has 0 saturated heterocycles. The fourth-order valence-corrected chi connectivity index (χ4v) is 3.76. The van der Waals surface area contributed by atoms with Crippen molar-refractivity contribution in [2.75, 3.05) is 23.3 Å². The number of benzene rings is 3. The highest BCUT2D eigenvalue weighted by Crippen LogP contribution is 2.23. The van der Waals surface area contributed by atoms with Gasteiger partial charge in [-0.3, -0.25) is 19.7 Å². The number of nitrogens with zero attached hydrogens (tertiary/aromatic N) is 4. The fraction of sp³-hybridized carbons (Fsp3) is 0.143. The second-order valence-corrected chi connectivity index (χ2v) is 8.56. The standard InChI is InChI=1S/C28H23ClN6O4/c29-25-13-12-23(35(38)39)19-24(25)27(36)33-26(28(37)32-21-6-2-1-3-7-21)18-20-8-10-22(11-9-20)34(16-4-14-30)17-5-15-31/h1-3,6-13,18-19H,4-5,16-17H2,(H,32,37)(H,33,36)/b26-18-. The number of nitro groups is 1. The van der Waals surface area contributed by atoms with Crippen LogP contribution in [0.3, 0.4) is 0 Å². The van der Waals surface area contributed by atoms with E-state index in [2.05, 4.69) is 22.8 Å². The Kier molecular flexibility index (Phi) is 10.1. The third kappa shape index (κ3) is 8.15. The number of nitriles is 2. The minimum Gasteiger partial charge on any atom is -0.369 e. The lowest BCUT2D eigenvalue weighted by molar-refractivity contribution is -0.384. The van der Waals surface area contributed by atoms with E-state index in [4.69, 9.17) is 22.1 Å². The van der Waals surface area contributed by atoms with Crippen LogP contribution in [0.4, 0.5) is 17.1 Å². The molecule has 0 aliphatic rings. The monoisotopic (exact) mass is 542 g/mol. The predicted molar refractivity (Wildman–Crippen MR) is 148 cm³/mol. The lowest BCUT2D eigenvalue weighted by atomic mass is 10.1. The quantitative estimate of drug-likeness (QED) is 0.189. The zero-order valence-corrected chi connectivity index (χ0v) is 21.4. The normalized spacial score (nSPS) is 10.6. The van der Waals surface area contributed by atoms with E-state index in [1.807, 2.05) is 4.90 Å². The van der Waals surface area contributed by atoms with E-state index in [1.165, 1.54) is 18.2 Å². The number of para-hydroxylation sites is 1. The predicted octanol–water partition coefficient (Wildman–Crippen LogP) is 5.29. The number of anilines is 2. The molecule has 0 spiro atoms. The largest absolute Gasteiger partial charge is 0.369 e. The molecule has 196 valence electrons. The van der Waals surface area contributed by atoms with Crippen molar-refractivity contribution in [3.63, 3.8) is 0 Å². The highest BCUT2D eigenvalue weighted by Gasteiger charge is 2.20. The number of nitrogens with one attached hydrogen (secondary N) is 2. The van der Waals surface area contributed by atoms with Gasteiger partial charge in [0.25, 0.3) is 17.5 Å².